The highest BCUT2D eigenvalue weighted by molar-refractivity contribution is 7.48. The summed E-state index contributed by atoms with van der Waals surface area (Å²) in [6.45, 7) is -2.04. The first-order valence-electron chi connectivity index (χ1n) is 4.10. The molecule has 0 saturated carbocycles. The van der Waals surface area contributed by atoms with Crippen LogP contribution in [0.3, 0.4) is 0 Å². The average molecular weight is 282 g/mol. The molecule has 0 aromatic carbocycles. The first-order chi connectivity index (χ1) is 7.25. The third-order valence-corrected chi connectivity index (χ3v) is 3.97. The number of hydrogen-bond acceptors (Lipinski definition) is 6. The molecule has 2 atom stereocenters. The molecular formula is C5H7F3O6P2. The maximum absolute atomic E-state index is 13.4. The van der Waals surface area contributed by atoms with Crippen LogP contribution in [0.1, 0.15) is 0 Å². The van der Waals surface area contributed by atoms with Gasteiger partial charge in [0.1, 0.15) is 0 Å². The van der Waals surface area contributed by atoms with E-state index in [9.17, 15) is 21.9 Å². The molecule has 0 bridgehead atoms. The summed E-state index contributed by atoms with van der Waals surface area (Å²) < 4.78 is 76.3. The summed E-state index contributed by atoms with van der Waals surface area (Å²) >= 11 is 0. The van der Waals surface area contributed by atoms with Crippen LogP contribution in [0.15, 0.2) is 0 Å². The second kappa shape index (κ2) is 3.80. The fraction of sp³-hybridized carbons (Fsp3) is 1.00. The first kappa shape index (κ1) is 12.5. The highest BCUT2D eigenvalue weighted by Gasteiger charge is 2.56. The molecule has 0 amide bonds. The lowest BCUT2D eigenvalue weighted by molar-refractivity contribution is -0.169. The molecule has 2 unspecified atom stereocenters. The molecule has 2 saturated heterocycles. The molecule has 1 spiro atoms. The summed E-state index contributed by atoms with van der Waals surface area (Å²) in [5.41, 5.74) is -1.65. The topological polar surface area (TPSA) is 71.1 Å². The molecule has 2 rings (SSSR count). The zero-order chi connectivity index (χ0) is 12.0. The summed E-state index contributed by atoms with van der Waals surface area (Å²) in [6.07, 6.45) is -2.35. The maximum Gasteiger partial charge on any atom is 0.515 e. The van der Waals surface area contributed by atoms with Crippen LogP contribution in [-0.4, -0.2) is 26.2 Å². The van der Waals surface area contributed by atoms with Crippen LogP contribution in [0.4, 0.5) is 12.8 Å². The Morgan fingerprint density at radius 2 is 1.44 bits per heavy atom. The lowest BCUT2D eigenvalue weighted by atomic mass is 9.91. The number of rotatable bonds is 0. The molecule has 2 aliphatic heterocycles. The van der Waals surface area contributed by atoms with E-state index in [0.717, 1.165) is 0 Å². The van der Waals surface area contributed by atoms with Gasteiger partial charge in [0.15, 0.2) is 0 Å². The Morgan fingerprint density at radius 1 is 1.00 bits per heavy atom. The summed E-state index contributed by atoms with van der Waals surface area (Å²) in [5.74, 6) is 0. The molecule has 94 valence electrons. The average Bonchev–Trinajstić information content (AvgIpc) is 2.15. The minimum Gasteiger partial charge on any atom is -0.283 e. The summed E-state index contributed by atoms with van der Waals surface area (Å²) in [6, 6.07) is 0. The Bertz CT molecular complexity index is 368. The monoisotopic (exact) mass is 282 g/mol. The lowest BCUT2D eigenvalue weighted by Gasteiger charge is -2.41. The van der Waals surface area contributed by atoms with Gasteiger partial charge in [-0.1, -0.05) is 0 Å². The van der Waals surface area contributed by atoms with Crippen molar-refractivity contribution < 1.29 is 40.0 Å². The van der Waals surface area contributed by atoms with Crippen LogP contribution in [0.2, 0.25) is 0 Å². The Kier molecular flexibility index (Phi) is 2.98. The Morgan fingerprint density at radius 3 is 1.94 bits per heavy atom. The van der Waals surface area contributed by atoms with Crippen LogP contribution in [0, 0.1) is 5.41 Å². The quantitative estimate of drug-likeness (QED) is 0.636. The fourth-order valence-corrected chi connectivity index (χ4v) is 3.04. The SMILES string of the molecule is O=P1(F)OCC2(CO1)COP(=O)(F)OC2F. The van der Waals surface area contributed by atoms with E-state index in [1.54, 1.807) is 0 Å². The van der Waals surface area contributed by atoms with Crippen molar-refractivity contribution in [1.82, 2.24) is 0 Å². The second-order valence-electron chi connectivity index (χ2n) is 3.47. The largest absolute Gasteiger partial charge is 0.515 e. The Hall–Kier alpha value is 0.0900. The predicted molar refractivity (Wildman–Crippen MR) is 43.7 cm³/mol. The molecule has 2 heterocycles. The second-order valence-corrected chi connectivity index (χ2v) is 6.17. The minimum atomic E-state index is -4.92. The highest BCUT2D eigenvalue weighted by Crippen LogP contribution is 2.62. The van der Waals surface area contributed by atoms with Gasteiger partial charge in [0.25, 0.3) is 0 Å². The smallest absolute Gasteiger partial charge is 0.283 e. The predicted octanol–water partition coefficient (Wildman–Crippen LogP) is 2.52. The van der Waals surface area contributed by atoms with E-state index in [-0.39, 0.29) is 0 Å². The van der Waals surface area contributed by atoms with Crippen LogP contribution < -0.4 is 0 Å². The molecule has 16 heavy (non-hydrogen) atoms. The van der Waals surface area contributed by atoms with Crippen molar-refractivity contribution >= 4 is 15.8 Å². The van der Waals surface area contributed by atoms with Crippen molar-refractivity contribution in [1.29, 1.82) is 0 Å². The van der Waals surface area contributed by atoms with Gasteiger partial charge in [-0.25, -0.2) is 18.0 Å². The fourth-order valence-electron chi connectivity index (χ4n) is 1.23. The normalized spacial score (nSPS) is 54.1. The Labute approximate surface area is 88.3 Å². The van der Waals surface area contributed by atoms with Gasteiger partial charge in [0, 0.05) is 0 Å². The van der Waals surface area contributed by atoms with Crippen molar-refractivity contribution in [2.24, 2.45) is 5.41 Å². The van der Waals surface area contributed by atoms with Crippen molar-refractivity contribution in [2.45, 2.75) is 6.36 Å². The molecule has 0 radical (unpaired) electrons. The molecule has 0 aromatic rings. The molecule has 2 aliphatic rings. The zero-order valence-corrected chi connectivity index (χ0v) is 9.47. The molecule has 2 fully saturated rings. The van der Waals surface area contributed by atoms with Gasteiger partial charge in [-0.15, -0.1) is 8.39 Å². The molecule has 11 heteroatoms. The van der Waals surface area contributed by atoms with E-state index in [1.165, 1.54) is 0 Å². The van der Waals surface area contributed by atoms with Crippen LogP contribution in [0.25, 0.3) is 0 Å². The molecule has 0 aliphatic carbocycles. The zero-order valence-electron chi connectivity index (χ0n) is 7.68. The number of halogens is 3. The summed E-state index contributed by atoms with van der Waals surface area (Å²) in [7, 11) is -9.60. The maximum atomic E-state index is 13.4. The van der Waals surface area contributed by atoms with E-state index >= 15 is 0 Å². The van der Waals surface area contributed by atoms with Gasteiger partial charge in [-0.2, -0.15) is 0 Å². The highest BCUT2D eigenvalue weighted by atomic mass is 31.2. The standard InChI is InChI=1S/C5H7F3O6P2/c6-4-5(3-13-16(8,10)14-4)1-11-15(7,9)12-2-5/h4H,1-3H2. The van der Waals surface area contributed by atoms with Crippen molar-refractivity contribution in [2.75, 3.05) is 19.8 Å². The van der Waals surface area contributed by atoms with Crippen molar-refractivity contribution in [3.05, 3.63) is 0 Å². The van der Waals surface area contributed by atoms with Gasteiger partial charge in [-0.05, 0) is 0 Å². The summed E-state index contributed by atoms with van der Waals surface area (Å²) in [4.78, 5) is 0. The van der Waals surface area contributed by atoms with Gasteiger partial charge in [-0.3, -0.25) is 13.6 Å². The van der Waals surface area contributed by atoms with Crippen molar-refractivity contribution in [3.63, 3.8) is 0 Å². The molecular weight excluding hydrogens is 275 g/mol. The van der Waals surface area contributed by atoms with E-state index < -0.39 is 47.4 Å². The molecule has 6 nitrogen and oxygen atoms in total. The van der Waals surface area contributed by atoms with E-state index in [4.69, 9.17) is 0 Å². The minimum absolute atomic E-state index is 0.679. The third-order valence-electron chi connectivity index (χ3n) is 2.22. The van der Waals surface area contributed by atoms with Gasteiger partial charge >= 0.3 is 15.8 Å². The molecule has 0 N–H and O–H groups in total. The third kappa shape index (κ3) is 2.34. The van der Waals surface area contributed by atoms with E-state index in [2.05, 4.69) is 18.1 Å². The van der Waals surface area contributed by atoms with Crippen LogP contribution in [0.5, 0.6) is 0 Å². The summed E-state index contributed by atoms with van der Waals surface area (Å²) in [5, 5.41) is 0. The van der Waals surface area contributed by atoms with E-state index in [0.29, 0.717) is 0 Å². The van der Waals surface area contributed by atoms with Crippen LogP contribution in [-0.2, 0) is 27.2 Å². The number of hydrogen-bond donors (Lipinski definition) is 0. The molecule has 0 aromatic heterocycles. The first-order valence-corrected chi connectivity index (χ1v) is 6.97. The van der Waals surface area contributed by atoms with Gasteiger partial charge in [0.2, 0.25) is 6.36 Å². The van der Waals surface area contributed by atoms with E-state index in [1.807, 2.05) is 0 Å². The number of alkyl halides is 1. The van der Waals surface area contributed by atoms with Gasteiger partial charge in [0.05, 0.1) is 25.2 Å². The lowest BCUT2D eigenvalue weighted by Crippen LogP contribution is -2.49. The van der Waals surface area contributed by atoms with Crippen molar-refractivity contribution in [3.8, 4) is 0 Å². The Balaban J connectivity index is 2.11. The van der Waals surface area contributed by atoms with Crippen LogP contribution >= 0.6 is 15.8 Å². The van der Waals surface area contributed by atoms with Gasteiger partial charge < -0.3 is 0 Å².